The van der Waals surface area contributed by atoms with Gasteiger partial charge in [-0.3, -0.25) is 5.43 Å². The van der Waals surface area contributed by atoms with Crippen LogP contribution in [0.5, 0.6) is 11.5 Å². The summed E-state index contributed by atoms with van der Waals surface area (Å²) in [6.45, 7) is 1.36. The number of ether oxygens (including phenoxy) is 2. The Morgan fingerprint density at radius 1 is 1.08 bits per heavy atom. The number of hydrogen-bond acceptors (Lipinski definition) is 6. The molecule has 1 aliphatic rings. The smallest absolute Gasteiger partial charge is 0.203 e. The third-order valence-electron chi connectivity index (χ3n) is 3.78. The maximum absolute atomic E-state index is 5.87. The van der Waals surface area contributed by atoms with Gasteiger partial charge in [-0.05, 0) is 41.5 Å². The highest BCUT2D eigenvalue weighted by molar-refractivity contribution is 7.18. The number of halogens is 1. The van der Waals surface area contributed by atoms with Gasteiger partial charge in [0.2, 0.25) is 5.13 Å². The molecule has 26 heavy (non-hydrogen) atoms. The van der Waals surface area contributed by atoms with Crippen LogP contribution in [0.25, 0.3) is 10.4 Å². The minimum Gasteiger partial charge on any atom is -0.490 e. The van der Waals surface area contributed by atoms with Crippen LogP contribution < -0.4 is 14.9 Å². The van der Waals surface area contributed by atoms with Crippen LogP contribution in [-0.4, -0.2) is 24.4 Å². The molecule has 2 heterocycles. The summed E-state index contributed by atoms with van der Waals surface area (Å²) in [4.78, 5) is 5.40. The summed E-state index contributed by atoms with van der Waals surface area (Å²) < 4.78 is 11.4. The number of aromatic nitrogens is 1. The number of benzene rings is 2. The Bertz CT molecular complexity index is 925. The monoisotopic (exact) mass is 385 g/mol. The van der Waals surface area contributed by atoms with Gasteiger partial charge in [0, 0.05) is 17.6 Å². The fourth-order valence-electron chi connectivity index (χ4n) is 2.49. The highest BCUT2D eigenvalue weighted by Gasteiger charge is 2.12. The van der Waals surface area contributed by atoms with E-state index in [1.165, 1.54) is 11.3 Å². The first-order valence-electron chi connectivity index (χ1n) is 8.18. The van der Waals surface area contributed by atoms with E-state index in [1.807, 2.05) is 48.7 Å². The molecular weight excluding hydrogens is 370 g/mol. The van der Waals surface area contributed by atoms with Crippen LogP contribution in [0.15, 0.2) is 53.8 Å². The van der Waals surface area contributed by atoms with E-state index in [-0.39, 0.29) is 0 Å². The number of fused-ring (bicyclic) bond motifs is 1. The first-order valence-corrected chi connectivity index (χ1v) is 9.38. The van der Waals surface area contributed by atoms with E-state index in [0.717, 1.165) is 39.1 Å². The van der Waals surface area contributed by atoms with Gasteiger partial charge in [0.1, 0.15) is 0 Å². The molecule has 5 nitrogen and oxygen atoms in total. The normalized spacial score (nSPS) is 13.6. The number of hydrogen-bond donors (Lipinski definition) is 1. The maximum atomic E-state index is 5.87. The number of rotatable bonds is 4. The molecule has 0 aliphatic carbocycles. The van der Waals surface area contributed by atoms with Crippen LogP contribution in [0.2, 0.25) is 5.02 Å². The van der Waals surface area contributed by atoms with Gasteiger partial charge in [0.15, 0.2) is 11.5 Å². The molecule has 1 aromatic heterocycles. The predicted octanol–water partition coefficient (Wildman–Crippen LogP) is 5.07. The molecule has 0 amide bonds. The number of nitrogens with one attached hydrogen (secondary N) is 1. The minimum atomic E-state index is 0.672. The molecule has 4 rings (SSSR count). The average Bonchev–Trinajstić information content (AvgIpc) is 3.00. The van der Waals surface area contributed by atoms with Crippen molar-refractivity contribution in [2.75, 3.05) is 18.6 Å². The standard InChI is InChI=1S/C19H16ClN3O2S/c20-15-5-2-13(3-6-15)11-22-23-19-21-12-18(26-19)14-4-7-16-17(10-14)25-9-1-8-24-16/h2-7,10-12H,1,8-9H2,(H,21,23). The molecule has 0 unspecified atom stereocenters. The lowest BCUT2D eigenvalue weighted by molar-refractivity contribution is 0.297. The lowest BCUT2D eigenvalue weighted by Gasteiger charge is -2.08. The SMILES string of the molecule is Clc1ccc(C=NNc2ncc(-c3ccc4c(c3)OCCCO4)s2)cc1. The molecule has 0 atom stereocenters. The number of thiazole rings is 1. The Balaban J connectivity index is 1.46. The second-order valence-electron chi connectivity index (χ2n) is 5.66. The van der Waals surface area contributed by atoms with E-state index < -0.39 is 0 Å². The Labute approximate surface area is 160 Å². The van der Waals surface area contributed by atoms with Gasteiger partial charge in [-0.1, -0.05) is 35.1 Å². The first-order chi connectivity index (χ1) is 12.8. The second kappa shape index (κ2) is 7.76. The van der Waals surface area contributed by atoms with Crippen LogP contribution in [0, 0.1) is 0 Å². The van der Waals surface area contributed by atoms with Gasteiger partial charge < -0.3 is 9.47 Å². The zero-order valence-corrected chi connectivity index (χ0v) is 15.4. The highest BCUT2D eigenvalue weighted by atomic mass is 35.5. The minimum absolute atomic E-state index is 0.672. The van der Waals surface area contributed by atoms with Crippen molar-refractivity contribution in [3.05, 3.63) is 59.2 Å². The molecule has 0 saturated carbocycles. The van der Waals surface area contributed by atoms with Crippen molar-refractivity contribution in [1.29, 1.82) is 0 Å². The van der Waals surface area contributed by atoms with Gasteiger partial charge in [0.25, 0.3) is 0 Å². The molecule has 0 radical (unpaired) electrons. The van der Waals surface area contributed by atoms with Gasteiger partial charge in [-0.25, -0.2) is 4.98 Å². The third-order valence-corrected chi connectivity index (χ3v) is 4.98. The Morgan fingerprint density at radius 3 is 2.73 bits per heavy atom. The Morgan fingerprint density at radius 2 is 1.88 bits per heavy atom. The number of anilines is 1. The molecule has 132 valence electrons. The summed E-state index contributed by atoms with van der Waals surface area (Å²) in [5.41, 5.74) is 4.96. The summed E-state index contributed by atoms with van der Waals surface area (Å²) in [6.07, 6.45) is 4.44. The quantitative estimate of drug-likeness (QED) is 0.503. The number of hydrazone groups is 1. The topological polar surface area (TPSA) is 55.7 Å². The van der Waals surface area contributed by atoms with Crippen molar-refractivity contribution >= 4 is 34.3 Å². The van der Waals surface area contributed by atoms with Gasteiger partial charge in [-0.2, -0.15) is 5.10 Å². The van der Waals surface area contributed by atoms with Crippen LogP contribution >= 0.6 is 22.9 Å². The lowest BCUT2D eigenvalue weighted by atomic mass is 10.2. The molecule has 0 spiro atoms. The highest BCUT2D eigenvalue weighted by Crippen LogP contribution is 2.36. The van der Waals surface area contributed by atoms with E-state index in [1.54, 1.807) is 6.21 Å². The second-order valence-corrected chi connectivity index (χ2v) is 7.13. The van der Waals surface area contributed by atoms with Gasteiger partial charge >= 0.3 is 0 Å². The van der Waals surface area contributed by atoms with Crippen molar-refractivity contribution in [3.8, 4) is 21.9 Å². The average molecular weight is 386 g/mol. The lowest BCUT2D eigenvalue weighted by Crippen LogP contribution is -1.97. The third kappa shape index (κ3) is 3.98. The van der Waals surface area contributed by atoms with E-state index >= 15 is 0 Å². The summed E-state index contributed by atoms with van der Waals surface area (Å²) in [5, 5.41) is 5.64. The van der Waals surface area contributed by atoms with Crippen molar-refractivity contribution in [2.45, 2.75) is 6.42 Å². The van der Waals surface area contributed by atoms with Crippen LogP contribution in [0.4, 0.5) is 5.13 Å². The largest absolute Gasteiger partial charge is 0.490 e. The molecule has 7 heteroatoms. The van der Waals surface area contributed by atoms with Gasteiger partial charge in [-0.15, -0.1) is 0 Å². The zero-order chi connectivity index (χ0) is 17.8. The fourth-order valence-corrected chi connectivity index (χ4v) is 3.37. The van der Waals surface area contributed by atoms with E-state index in [9.17, 15) is 0 Å². The van der Waals surface area contributed by atoms with Crippen molar-refractivity contribution < 1.29 is 9.47 Å². The summed E-state index contributed by atoms with van der Waals surface area (Å²) >= 11 is 7.40. The van der Waals surface area contributed by atoms with Gasteiger partial charge in [0.05, 0.1) is 24.3 Å². The van der Waals surface area contributed by atoms with Crippen LogP contribution in [0.1, 0.15) is 12.0 Å². The molecule has 0 saturated heterocycles. The van der Waals surface area contributed by atoms with E-state index in [2.05, 4.69) is 15.5 Å². The molecule has 1 aliphatic heterocycles. The fraction of sp³-hybridized carbons (Fsp3) is 0.158. The van der Waals surface area contributed by atoms with Crippen LogP contribution in [-0.2, 0) is 0 Å². The van der Waals surface area contributed by atoms with E-state index in [0.29, 0.717) is 18.2 Å². The first kappa shape index (κ1) is 16.9. The molecule has 0 fully saturated rings. The predicted molar refractivity (Wildman–Crippen MR) is 106 cm³/mol. The summed E-state index contributed by atoms with van der Waals surface area (Å²) in [5.74, 6) is 1.57. The van der Waals surface area contributed by atoms with E-state index in [4.69, 9.17) is 21.1 Å². The Hall–Kier alpha value is -2.57. The van der Waals surface area contributed by atoms with Crippen LogP contribution in [0.3, 0.4) is 0 Å². The maximum Gasteiger partial charge on any atom is 0.203 e. The zero-order valence-electron chi connectivity index (χ0n) is 13.8. The Kier molecular flexibility index (Phi) is 5.04. The van der Waals surface area contributed by atoms with Crippen molar-refractivity contribution in [3.63, 3.8) is 0 Å². The summed E-state index contributed by atoms with van der Waals surface area (Å²) in [6, 6.07) is 13.4. The molecular formula is C19H16ClN3O2S. The molecule has 1 N–H and O–H groups in total. The summed E-state index contributed by atoms with van der Waals surface area (Å²) in [7, 11) is 0. The molecule has 2 aromatic carbocycles. The molecule has 3 aromatic rings. The van der Waals surface area contributed by atoms with Crippen molar-refractivity contribution in [2.24, 2.45) is 5.10 Å². The number of nitrogens with zero attached hydrogens (tertiary/aromatic N) is 2. The molecule has 0 bridgehead atoms. The van der Waals surface area contributed by atoms with Crippen molar-refractivity contribution in [1.82, 2.24) is 4.98 Å².